The average molecular weight is 318 g/mol. The second kappa shape index (κ2) is 15.7. The maximum Gasteiger partial charge on any atom is 0.0436 e. The fraction of sp³-hybridized carbons (Fsp3) is 1.00. The van der Waals surface area contributed by atoms with Gasteiger partial charge in [0, 0.05) is 19.8 Å². The largest absolute Gasteiger partial charge is 0.396 e. The summed E-state index contributed by atoms with van der Waals surface area (Å²) in [4.78, 5) is 0. The molecule has 0 spiro atoms. The van der Waals surface area contributed by atoms with Gasteiger partial charge in [0.05, 0.1) is 0 Å². The van der Waals surface area contributed by atoms with Crippen LogP contribution in [0.4, 0.5) is 0 Å². The van der Waals surface area contributed by atoms with Crippen molar-refractivity contribution in [3.8, 4) is 0 Å². The minimum Gasteiger partial charge on any atom is -0.396 e. The monoisotopic (exact) mass is 317 g/mol. The lowest BCUT2D eigenvalue weighted by atomic mass is 9.74. The maximum absolute atomic E-state index is 9.25. The Labute approximate surface area is 137 Å². The highest BCUT2D eigenvalue weighted by atomic mass is 16.3. The van der Waals surface area contributed by atoms with Gasteiger partial charge in [0.25, 0.3) is 0 Å². The average Bonchev–Trinajstić information content (AvgIpc) is 2.50. The predicted octanol–water partition coefficient (Wildman–Crippen LogP) is 2.98. The molecular formula is C18H39NO3. The SMILES string of the molecule is NCCCCCCCCCCCC(CCO)(CCO)CCO. The summed E-state index contributed by atoms with van der Waals surface area (Å²) in [6, 6.07) is 0. The Morgan fingerprint density at radius 2 is 0.864 bits per heavy atom. The highest BCUT2D eigenvalue weighted by Crippen LogP contribution is 2.36. The van der Waals surface area contributed by atoms with Gasteiger partial charge < -0.3 is 21.1 Å². The zero-order chi connectivity index (χ0) is 16.5. The molecule has 0 fully saturated rings. The molecule has 0 aromatic rings. The van der Waals surface area contributed by atoms with Crippen molar-refractivity contribution in [1.29, 1.82) is 0 Å². The van der Waals surface area contributed by atoms with Gasteiger partial charge >= 0.3 is 0 Å². The highest BCUT2D eigenvalue weighted by molar-refractivity contribution is 4.79. The third-order valence-electron chi connectivity index (χ3n) is 4.84. The first kappa shape index (κ1) is 21.8. The standard InChI is InChI=1S/C18H39NO3/c19-14-9-7-5-3-1-2-4-6-8-10-18(11-15-20,12-16-21)13-17-22/h20-22H,1-17,19H2. The normalized spacial score (nSPS) is 12.0. The summed E-state index contributed by atoms with van der Waals surface area (Å²) in [7, 11) is 0. The second-order valence-electron chi connectivity index (χ2n) is 6.64. The Hall–Kier alpha value is -0.160. The molecule has 22 heavy (non-hydrogen) atoms. The molecule has 0 aliphatic heterocycles. The van der Waals surface area contributed by atoms with E-state index in [1.807, 2.05) is 0 Å². The van der Waals surface area contributed by atoms with Gasteiger partial charge in [0.15, 0.2) is 0 Å². The van der Waals surface area contributed by atoms with Crippen LogP contribution in [0, 0.1) is 5.41 Å². The summed E-state index contributed by atoms with van der Waals surface area (Å²) < 4.78 is 0. The number of aliphatic hydroxyl groups is 3. The van der Waals surface area contributed by atoms with Gasteiger partial charge in [-0.25, -0.2) is 0 Å². The summed E-state index contributed by atoms with van der Waals surface area (Å²) >= 11 is 0. The molecule has 4 heteroatoms. The Morgan fingerprint density at radius 1 is 0.500 bits per heavy atom. The Morgan fingerprint density at radius 3 is 1.23 bits per heavy atom. The van der Waals surface area contributed by atoms with Crippen molar-refractivity contribution in [2.75, 3.05) is 26.4 Å². The third kappa shape index (κ3) is 11.4. The van der Waals surface area contributed by atoms with Crippen molar-refractivity contribution in [3.63, 3.8) is 0 Å². The van der Waals surface area contributed by atoms with E-state index in [0.717, 1.165) is 25.8 Å². The van der Waals surface area contributed by atoms with Crippen molar-refractivity contribution >= 4 is 0 Å². The van der Waals surface area contributed by atoms with E-state index in [4.69, 9.17) is 5.73 Å². The maximum atomic E-state index is 9.25. The minimum absolute atomic E-state index is 0.0690. The van der Waals surface area contributed by atoms with E-state index in [1.165, 1.54) is 44.9 Å². The predicted molar refractivity (Wildman–Crippen MR) is 92.8 cm³/mol. The van der Waals surface area contributed by atoms with Crippen molar-refractivity contribution in [2.45, 2.75) is 83.5 Å². The Balaban J connectivity index is 3.70. The van der Waals surface area contributed by atoms with E-state index >= 15 is 0 Å². The fourth-order valence-electron chi connectivity index (χ4n) is 3.34. The summed E-state index contributed by atoms with van der Waals surface area (Å²) in [5.74, 6) is 0. The van der Waals surface area contributed by atoms with Crippen LogP contribution in [0.15, 0.2) is 0 Å². The van der Waals surface area contributed by atoms with E-state index in [-0.39, 0.29) is 25.2 Å². The van der Waals surface area contributed by atoms with Gasteiger partial charge in [-0.15, -0.1) is 0 Å². The van der Waals surface area contributed by atoms with Crippen LogP contribution in [-0.2, 0) is 0 Å². The molecule has 0 radical (unpaired) electrons. The number of aliphatic hydroxyl groups excluding tert-OH is 3. The first-order chi connectivity index (χ1) is 10.7. The van der Waals surface area contributed by atoms with E-state index in [1.54, 1.807) is 0 Å². The van der Waals surface area contributed by atoms with Gasteiger partial charge in [0.1, 0.15) is 0 Å². The molecule has 0 bridgehead atoms. The van der Waals surface area contributed by atoms with Crippen molar-refractivity contribution < 1.29 is 15.3 Å². The summed E-state index contributed by atoms with van der Waals surface area (Å²) in [5, 5.41) is 27.7. The van der Waals surface area contributed by atoms with Gasteiger partial charge in [-0.3, -0.25) is 0 Å². The smallest absolute Gasteiger partial charge is 0.0436 e. The van der Waals surface area contributed by atoms with Crippen LogP contribution in [-0.4, -0.2) is 41.7 Å². The Kier molecular flexibility index (Phi) is 15.6. The topological polar surface area (TPSA) is 86.7 Å². The third-order valence-corrected chi connectivity index (χ3v) is 4.84. The van der Waals surface area contributed by atoms with Crippen molar-refractivity contribution in [1.82, 2.24) is 0 Å². The summed E-state index contributed by atoms with van der Waals surface area (Å²) in [6.07, 6.45) is 14.4. The molecule has 0 atom stereocenters. The fourth-order valence-corrected chi connectivity index (χ4v) is 3.34. The van der Waals surface area contributed by atoms with Gasteiger partial charge in [0.2, 0.25) is 0 Å². The molecule has 0 aromatic heterocycles. The molecule has 5 N–H and O–H groups in total. The second-order valence-corrected chi connectivity index (χ2v) is 6.64. The van der Waals surface area contributed by atoms with Crippen LogP contribution in [0.3, 0.4) is 0 Å². The van der Waals surface area contributed by atoms with Crippen molar-refractivity contribution in [3.05, 3.63) is 0 Å². The molecule has 0 aromatic carbocycles. The molecule has 0 saturated heterocycles. The summed E-state index contributed by atoms with van der Waals surface area (Å²) in [5.41, 5.74) is 5.41. The number of rotatable bonds is 17. The Bertz CT molecular complexity index is 207. The molecule has 0 aliphatic carbocycles. The molecule has 0 unspecified atom stereocenters. The molecule has 0 saturated carbocycles. The highest BCUT2D eigenvalue weighted by Gasteiger charge is 2.27. The van der Waals surface area contributed by atoms with E-state index < -0.39 is 0 Å². The summed E-state index contributed by atoms with van der Waals surface area (Å²) in [6.45, 7) is 1.24. The zero-order valence-electron chi connectivity index (χ0n) is 14.4. The number of nitrogens with two attached hydrogens (primary N) is 1. The quantitative estimate of drug-likeness (QED) is 0.311. The van der Waals surface area contributed by atoms with E-state index in [2.05, 4.69) is 0 Å². The van der Waals surface area contributed by atoms with Crippen LogP contribution in [0.5, 0.6) is 0 Å². The molecule has 0 amide bonds. The lowest BCUT2D eigenvalue weighted by Crippen LogP contribution is -2.25. The lowest BCUT2D eigenvalue weighted by Gasteiger charge is -2.32. The minimum atomic E-state index is -0.0690. The van der Waals surface area contributed by atoms with E-state index in [0.29, 0.717) is 19.3 Å². The van der Waals surface area contributed by atoms with Crippen LogP contribution < -0.4 is 5.73 Å². The molecule has 134 valence electrons. The molecule has 4 nitrogen and oxygen atoms in total. The lowest BCUT2D eigenvalue weighted by molar-refractivity contribution is 0.0885. The molecule has 0 aliphatic rings. The van der Waals surface area contributed by atoms with Crippen molar-refractivity contribution in [2.24, 2.45) is 11.1 Å². The van der Waals surface area contributed by atoms with Crippen LogP contribution in [0.1, 0.15) is 83.5 Å². The number of unbranched alkanes of at least 4 members (excludes halogenated alkanes) is 8. The van der Waals surface area contributed by atoms with Crippen LogP contribution in [0.25, 0.3) is 0 Å². The zero-order valence-corrected chi connectivity index (χ0v) is 14.4. The van der Waals surface area contributed by atoms with Gasteiger partial charge in [-0.05, 0) is 44.1 Å². The van der Waals surface area contributed by atoms with Gasteiger partial charge in [-0.2, -0.15) is 0 Å². The first-order valence-corrected chi connectivity index (χ1v) is 9.27. The van der Waals surface area contributed by atoms with Crippen LogP contribution >= 0.6 is 0 Å². The number of hydrogen-bond donors (Lipinski definition) is 4. The first-order valence-electron chi connectivity index (χ1n) is 9.27. The van der Waals surface area contributed by atoms with Gasteiger partial charge in [-0.1, -0.05) is 51.4 Å². The molecule has 0 heterocycles. The van der Waals surface area contributed by atoms with Crippen LogP contribution in [0.2, 0.25) is 0 Å². The number of hydrogen-bond acceptors (Lipinski definition) is 4. The molecular weight excluding hydrogens is 278 g/mol. The van der Waals surface area contributed by atoms with E-state index in [9.17, 15) is 15.3 Å². The molecule has 0 rings (SSSR count).